The van der Waals surface area contributed by atoms with Crippen LogP contribution >= 0.6 is 0 Å². The highest BCUT2D eigenvalue weighted by atomic mass is 16.3. The summed E-state index contributed by atoms with van der Waals surface area (Å²) in [4.78, 5) is 15.0. The van der Waals surface area contributed by atoms with Crippen LogP contribution in [0.4, 0.5) is 0 Å². The van der Waals surface area contributed by atoms with Gasteiger partial charge in [0.2, 0.25) is 5.91 Å². The van der Waals surface area contributed by atoms with Gasteiger partial charge in [-0.2, -0.15) is 5.26 Å². The van der Waals surface area contributed by atoms with Crippen molar-refractivity contribution in [3.63, 3.8) is 0 Å². The fourth-order valence-corrected chi connectivity index (χ4v) is 6.62. The highest BCUT2D eigenvalue weighted by molar-refractivity contribution is 5.84. The monoisotopic (exact) mass is 331 g/mol. The Balaban J connectivity index is 1.61. The van der Waals surface area contributed by atoms with Gasteiger partial charge in [0, 0.05) is 6.04 Å². The highest BCUT2D eigenvalue weighted by Gasteiger charge is 2.59. The molecule has 0 spiro atoms. The van der Waals surface area contributed by atoms with Gasteiger partial charge in [-0.15, -0.1) is 0 Å². The smallest absolute Gasteiger partial charge is 0.241 e. The fraction of sp³-hybridized carbons (Fsp3) is 0.895. The van der Waals surface area contributed by atoms with E-state index in [4.69, 9.17) is 5.73 Å². The zero-order valence-corrected chi connectivity index (χ0v) is 14.7. The second-order valence-corrected chi connectivity index (χ2v) is 9.46. The van der Waals surface area contributed by atoms with Crippen molar-refractivity contribution in [2.45, 2.75) is 82.5 Å². The molecule has 1 aliphatic heterocycles. The number of amides is 1. The normalized spacial score (nSPS) is 50.8. The van der Waals surface area contributed by atoms with Gasteiger partial charge in [0.25, 0.3) is 0 Å². The molecule has 3 saturated carbocycles. The molecule has 4 fully saturated rings. The van der Waals surface area contributed by atoms with Crippen molar-refractivity contribution in [1.82, 2.24) is 4.90 Å². The Hall–Kier alpha value is -1.12. The summed E-state index contributed by atoms with van der Waals surface area (Å²) >= 11 is 0. The van der Waals surface area contributed by atoms with Crippen molar-refractivity contribution in [2.24, 2.45) is 28.9 Å². The first-order chi connectivity index (χ1) is 11.3. The van der Waals surface area contributed by atoms with Crippen molar-refractivity contribution in [3.05, 3.63) is 0 Å². The third-order valence-corrected chi connectivity index (χ3v) is 7.08. The first-order valence-corrected chi connectivity index (χ1v) is 9.47. The minimum atomic E-state index is -0.672. The number of likely N-dealkylation sites (tertiary alicyclic amines) is 1. The standard InChI is InChI=1S/C19H29N3O2/c1-11-5-18(6-12(2)8-19(24,7-11)10-18)16(21)17(23)22-14(9-20)3-13-4-15(13)22/h11-16,24H,3-8,10,21H2,1-2H3. The molecule has 1 amide bonds. The maximum atomic E-state index is 13.2. The molecule has 5 nitrogen and oxygen atoms in total. The minimum absolute atomic E-state index is 0.0444. The van der Waals surface area contributed by atoms with Crippen molar-refractivity contribution in [3.8, 4) is 6.07 Å². The van der Waals surface area contributed by atoms with Crippen molar-refractivity contribution in [2.75, 3.05) is 0 Å². The number of nitrogens with two attached hydrogens (primary N) is 1. The topological polar surface area (TPSA) is 90.3 Å². The first-order valence-electron chi connectivity index (χ1n) is 9.47. The second-order valence-electron chi connectivity index (χ2n) is 9.46. The molecule has 1 saturated heterocycles. The van der Waals surface area contributed by atoms with Crippen LogP contribution in [0.1, 0.15) is 58.8 Å². The van der Waals surface area contributed by atoms with Crippen molar-refractivity contribution in [1.29, 1.82) is 5.26 Å². The molecule has 4 aliphatic rings. The van der Waals surface area contributed by atoms with Gasteiger partial charge >= 0.3 is 0 Å². The molecular weight excluding hydrogens is 302 g/mol. The molecule has 3 N–H and O–H groups in total. The Morgan fingerprint density at radius 3 is 2.46 bits per heavy atom. The van der Waals surface area contributed by atoms with E-state index < -0.39 is 11.6 Å². The van der Waals surface area contributed by atoms with E-state index in [1.54, 1.807) is 4.90 Å². The number of hydrogen-bond acceptors (Lipinski definition) is 4. The maximum Gasteiger partial charge on any atom is 0.241 e. The van der Waals surface area contributed by atoms with E-state index in [0.29, 0.717) is 24.2 Å². The number of carbonyl (C=O) groups is 1. The van der Waals surface area contributed by atoms with Crippen LogP contribution in [0.25, 0.3) is 0 Å². The lowest BCUT2D eigenvalue weighted by Crippen LogP contribution is -2.62. The number of aliphatic hydroxyl groups is 1. The Kier molecular flexibility index (Phi) is 3.54. The fourth-order valence-electron chi connectivity index (χ4n) is 6.62. The van der Waals surface area contributed by atoms with Crippen LogP contribution in [0.2, 0.25) is 0 Å². The first kappa shape index (κ1) is 16.4. The highest BCUT2D eigenvalue weighted by Crippen LogP contribution is 2.57. The average Bonchev–Trinajstić information content (AvgIpc) is 3.13. The Morgan fingerprint density at radius 1 is 1.25 bits per heavy atom. The van der Waals surface area contributed by atoms with Crippen molar-refractivity contribution < 1.29 is 9.90 Å². The van der Waals surface area contributed by atoms with Gasteiger partial charge in [-0.3, -0.25) is 4.79 Å². The summed E-state index contributed by atoms with van der Waals surface area (Å²) in [6.45, 7) is 4.33. The quantitative estimate of drug-likeness (QED) is 0.807. The Morgan fingerprint density at radius 2 is 1.88 bits per heavy atom. The van der Waals surface area contributed by atoms with Gasteiger partial charge in [0.05, 0.1) is 17.7 Å². The molecule has 6 unspecified atom stereocenters. The van der Waals surface area contributed by atoms with Gasteiger partial charge in [-0.25, -0.2) is 0 Å². The number of fused-ring (bicyclic) bond motifs is 3. The molecule has 0 aromatic carbocycles. The van der Waals surface area contributed by atoms with E-state index in [9.17, 15) is 15.2 Å². The van der Waals surface area contributed by atoms with Crippen molar-refractivity contribution >= 4 is 5.91 Å². The Labute approximate surface area is 144 Å². The average molecular weight is 331 g/mol. The molecule has 4 rings (SSSR count). The number of carbonyl (C=O) groups excluding carboxylic acids is 1. The van der Waals surface area contributed by atoms with E-state index in [2.05, 4.69) is 19.9 Å². The summed E-state index contributed by atoms with van der Waals surface area (Å²) < 4.78 is 0. The molecule has 0 aromatic heterocycles. The van der Waals surface area contributed by atoms with Crippen LogP contribution in [-0.2, 0) is 4.79 Å². The lowest BCUT2D eigenvalue weighted by Gasteiger charge is -2.56. The second kappa shape index (κ2) is 5.19. The maximum absolute atomic E-state index is 13.2. The molecule has 5 heteroatoms. The molecule has 1 heterocycles. The Bertz CT molecular complexity index is 584. The molecule has 0 aromatic rings. The lowest BCUT2D eigenvalue weighted by atomic mass is 9.52. The summed E-state index contributed by atoms with van der Waals surface area (Å²) in [6.07, 6.45) is 5.92. The van der Waals surface area contributed by atoms with E-state index in [1.807, 2.05) is 0 Å². The van der Waals surface area contributed by atoms with Crippen LogP contribution in [0.15, 0.2) is 0 Å². The number of nitrogens with zero attached hydrogens (tertiary/aromatic N) is 2. The minimum Gasteiger partial charge on any atom is -0.390 e. The van der Waals surface area contributed by atoms with E-state index in [1.165, 1.54) is 0 Å². The van der Waals surface area contributed by atoms with Gasteiger partial charge < -0.3 is 15.7 Å². The zero-order chi connectivity index (χ0) is 17.3. The summed E-state index contributed by atoms with van der Waals surface area (Å²) in [6, 6.07) is 1.64. The van der Waals surface area contributed by atoms with Crippen LogP contribution in [0.5, 0.6) is 0 Å². The summed E-state index contributed by atoms with van der Waals surface area (Å²) in [5.74, 6) is 1.23. The number of piperidine rings is 1. The number of rotatable bonds is 2. The predicted molar refractivity (Wildman–Crippen MR) is 89.5 cm³/mol. The molecule has 2 bridgehead atoms. The molecular formula is C19H29N3O2. The van der Waals surface area contributed by atoms with E-state index in [-0.39, 0.29) is 23.4 Å². The molecule has 0 radical (unpaired) electrons. The van der Waals surface area contributed by atoms with Gasteiger partial charge in [0.15, 0.2) is 0 Å². The zero-order valence-electron chi connectivity index (χ0n) is 14.7. The van der Waals surface area contributed by atoms with Crippen LogP contribution in [0, 0.1) is 34.5 Å². The molecule has 24 heavy (non-hydrogen) atoms. The molecule has 6 atom stereocenters. The third-order valence-electron chi connectivity index (χ3n) is 7.08. The SMILES string of the molecule is CC1CC2(O)CC(C)CC(C(N)C(=O)N3C(C#N)CC4CC43)(C1)C2. The van der Waals surface area contributed by atoms with Crippen LogP contribution < -0.4 is 5.73 Å². The molecule has 3 aliphatic carbocycles. The summed E-state index contributed by atoms with van der Waals surface area (Å²) in [5, 5.41) is 20.4. The van der Waals surface area contributed by atoms with Crippen LogP contribution in [-0.4, -0.2) is 39.6 Å². The number of nitriles is 1. The lowest BCUT2D eigenvalue weighted by molar-refractivity contribution is -0.153. The summed E-state index contributed by atoms with van der Waals surface area (Å²) in [5.41, 5.74) is 5.60. The van der Waals surface area contributed by atoms with E-state index >= 15 is 0 Å². The van der Waals surface area contributed by atoms with Gasteiger partial charge in [-0.05, 0) is 68.1 Å². The van der Waals surface area contributed by atoms with E-state index in [0.717, 1.165) is 38.5 Å². The largest absolute Gasteiger partial charge is 0.390 e. The predicted octanol–water partition coefficient (Wildman–Crippen LogP) is 1.79. The number of hydrogen-bond donors (Lipinski definition) is 2. The van der Waals surface area contributed by atoms with Gasteiger partial charge in [-0.1, -0.05) is 13.8 Å². The van der Waals surface area contributed by atoms with Gasteiger partial charge in [0.1, 0.15) is 6.04 Å². The van der Waals surface area contributed by atoms with Crippen LogP contribution in [0.3, 0.4) is 0 Å². The third kappa shape index (κ3) is 2.38. The summed E-state index contributed by atoms with van der Waals surface area (Å²) in [7, 11) is 0. The molecule has 132 valence electrons.